The first-order valence-electron chi connectivity index (χ1n) is 31.6. The van der Waals surface area contributed by atoms with Gasteiger partial charge in [-0.05, 0) is 125 Å². The average molecular weight is 1240 g/mol. The number of benzene rings is 6. The molecule has 6 rings (SSSR count). The van der Waals surface area contributed by atoms with E-state index in [0.29, 0.717) is 57.1 Å². The summed E-state index contributed by atoms with van der Waals surface area (Å²) < 4.78 is 57.7. The molecule has 0 aliphatic rings. The average Bonchev–Trinajstić information content (AvgIpc) is 1.28. The second-order valence-electron chi connectivity index (χ2n) is 34.4. The summed E-state index contributed by atoms with van der Waals surface area (Å²) in [5, 5.41) is 0. The molecule has 482 valence electrons. The minimum absolute atomic E-state index is 0.108. The molecule has 0 spiro atoms. The molecule has 0 unspecified atom stereocenters. The fourth-order valence-corrected chi connectivity index (χ4v) is 12.6. The Morgan fingerprint density at radius 2 is 0.432 bits per heavy atom. The van der Waals surface area contributed by atoms with Gasteiger partial charge in [0.1, 0.15) is 46.0 Å². The van der Waals surface area contributed by atoms with E-state index in [0.717, 1.165) is 33.4 Å². The van der Waals surface area contributed by atoms with Crippen molar-refractivity contribution in [3.63, 3.8) is 0 Å². The Balaban J connectivity index is 1.75. The largest absolute Gasteiger partial charge is 0.530 e. The van der Waals surface area contributed by atoms with E-state index < -0.39 is 28.0 Å². The van der Waals surface area contributed by atoms with Crippen LogP contribution in [-0.4, -0.2) is 14.2 Å². The molecule has 10 heteroatoms. The molecule has 0 aromatic heterocycles. The van der Waals surface area contributed by atoms with Crippen molar-refractivity contribution in [1.82, 2.24) is 0 Å². The van der Waals surface area contributed by atoms with Crippen LogP contribution in [0.5, 0.6) is 46.0 Å². The Labute approximate surface area is 536 Å². The van der Waals surface area contributed by atoms with Crippen molar-refractivity contribution >= 4 is 17.2 Å². The fourth-order valence-electron chi connectivity index (χ4n) is 10.4. The van der Waals surface area contributed by atoms with Crippen molar-refractivity contribution < 1.29 is 36.6 Å². The number of methoxy groups -OCH3 is 2. The van der Waals surface area contributed by atoms with Crippen LogP contribution < -0.4 is 36.6 Å². The molecule has 0 amide bonds. The third-order valence-electron chi connectivity index (χ3n) is 16.1. The van der Waals surface area contributed by atoms with Crippen molar-refractivity contribution in [2.75, 3.05) is 14.2 Å². The SMILES string of the molecule is COc1cc(-c2cc(OC)cc(C(C)(C)C)c2OP(Oc2ccc(C(C)(C)C)cc2C(C)(C)C)Oc2ccc(C(C)(C)C)cc2C(C)(C)C)c(OP(Oc2ccc(C(C)(C)C)cc2C(C)(C)C)Oc2ccc(C(C)(C)C)cc2C(C)(C)C)c(C(C)(C)C)c1. The smallest absolute Gasteiger partial charge is 0.497 e. The lowest BCUT2D eigenvalue weighted by atomic mass is 9.80. The second-order valence-corrected chi connectivity index (χ2v) is 36.4. The topological polar surface area (TPSA) is 73.8 Å². The number of rotatable bonds is 15. The molecule has 6 aromatic carbocycles. The Kier molecular flexibility index (Phi) is 20.6. The Bertz CT molecular complexity index is 3040. The highest BCUT2D eigenvalue weighted by Crippen LogP contribution is 2.58. The Morgan fingerprint density at radius 1 is 0.227 bits per heavy atom. The number of hydrogen-bond donors (Lipinski definition) is 0. The summed E-state index contributed by atoms with van der Waals surface area (Å²) in [6.45, 7) is 66.7. The van der Waals surface area contributed by atoms with E-state index >= 15 is 0 Å². The van der Waals surface area contributed by atoms with Crippen LogP contribution in [0, 0.1) is 0 Å². The van der Waals surface area contributed by atoms with Crippen LogP contribution in [0.1, 0.15) is 263 Å². The molecule has 6 aromatic rings. The van der Waals surface area contributed by atoms with Crippen molar-refractivity contribution in [3.05, 3.63) is 153 Å². The maximum Gasteiger partial charge on any atom is 0.530 e. The lowest BCUT2D eigenvalue weighted by Crippen LogP contribution is -2.20. The summed E-state index contributed by atoms with van der Waals surface area (Å²) in [7, 11) is -1.23. The first kappa shape index (κ1) is 71.7. The third kappa shape index (κ3) is 17.5. The molecule has 0 fully saturated rings. The Hall–Kier alpha value is -5.42. The summed E-state index contributed by atoms with van der Waals surface area (Å²) in [5.41, 5.74) is 9.35. The van der Waals surface area contributed by atoms with Gasteiger partial charge in [0, 0.05) is 44.5 Å². The molecule has 8 nitrogen and oxygen atoms in total. The van der Waals surface area contributed by atoms with Gasteiger partial charge in [0.25, 0.3) is 0 Å². The van der Waals surface area contributed by atoms with Gasteiger partial charge in [0.2, 0.25) is 0 Å². The standard InChI is InChI=1S/C78H112O8P2/c1-69(2,3)49-33-37-63(57(41-49)73(13,14)15)81-87(82-64-38-34-50(70(4,5)6)42-58(64)74(16,17)18)85-67-55(45-53(79-31)47-61(67)77(25,26)27)56-46-54(80-32)48-62(78(28,29)30)68(56)86-88(83-65-39-35-51(71(7,8)9)43-59(65)75(19,20)21)84-66-40-36-52(72(10,11)12)44-60(66)76(22,23)24/h33-48H,1-32H3. The summed E-state index contributed by atoms with van der Waals surface area (Å²) >= 11 is 0. The van der Waals surface area contributed by atoms with E-state index in [4.69, 9.17) is 36.6 Å². The maximum absolute atomic E-state index is 7.74. The Morgan fingerprint density at radius 3 is 0.602 bits per heavy atom. The normalized spacial score (nSPS) is 13.4. The zero-order valence-corrected chi connectivity index (χ0v) is 62.2. The highest BCUT2D eigenvalue weighted by Gasteiger charge is 2.38. The van der Waals surface area contributed by atoms with Crippen LogP contribution in [0.15, 0.2) is 97.1 Å². The van der Waals surface area contributed by atoms with Crippen LogP contribution in [0.25, 0.3) is 11.1 Å². The molecule has 0 saturated heterocycles. The van der Waals surface area contributed by atoms with Gasteiger partial charge in [-0.2, -0.15) is 0 Å². The van der Waals surface area contributed by atoms with Gasteiger partial charge in [0.05, 0.1) is 14.2 Å². The van der Waals surface area contributed by atoms with E-state index in [9.17, 15) is 0 Å². The molecule has 88 heavy (non-hydrogen) atoms. The molecule has 0 aliphatic carbocycles. The van der Waals surface area contributed by atoms with Crippen LogP contribution in [0.4, 0.5) is 0 Å². The van der Waals surface area contributed by atoms with Crippen LogP contribution in [-0.2, 0) is 54.1 Å². The van der Waals surface area contributed by atoms with Crippen LogP contribution in [0.2, 0.25) is 0 Å². The van der Waals surface area contributed by atoms with E-state index in [1.807, 2.05) is 12.1 Å². The predicted octanol–water partition coefficient (Wildman–Crippen LogP) is 23.9. The minimum Gasteiger partial charge on any atom is -0.497 e. The van der Waals surface area contributed by atoms with Gasteiger partial charge in [-0.1, -0.05) is 256 Å². The summed E-state index contributed by atoms with van der Waals surface area (Å²) in [6.07, 6.45) is 0. The van der Waals surface area contributed by atoms with Gasteiger partial charge in [-0.15, -0.1) is 0 Å². The first-order chi connectivity index (χ1) is 39.8. The van der Waals surface area contributed by atoms with Crippen molar-refractivity contribution in [2.45, 2.75) is 262 Å². The summed E-state index contributed by atoms with van der Waals surface area (Å²) in [4.78, 5) is 0. The van der Waals surface area contributed by atoms with E-state index in [1.54, 1.807) is 14.2 Å². The zero-order valence-electron chi connectivity index (χ0n) is 60.4. The van der Waals surface area contributed by atoms with Gasteiger partial charge < -0.3 is 36.6 Å². The third-order valence-corrected chi connectivity index (χ3v) is 18.2. The van der Waals surface area contributed by atoms with E-state index in [2.05, 4.69) is 293 Å². The van der Waals surface area contributed by atoms with Gasteiger partial charge in [0.15, 0.2) is 0 Å². The van der Waals surface area contributed by atoms with Crippen molar-refractivity contribution in [1.29, 1.82) is 0 Å². The maximum atomic E-state index is 7.74. The molecule has 0 saturated carbocycles. The van der Waals surface area contributed by atoms with Gasteiger partial charge in [-0.25, -0.2) is 0 Å². The van der Waals surface area contributed by atoms with Crippen molar-refractivity contribution in [3.8, 4) is 57.1 Å². The van der Waals surface area contributed by atoms with Crippen molar-refractivity contribution in [2.24, 2.45) is 0 Å². The first-order valence-corrected chi connectivity index (χ1v) is 33.7. The quantitative estimate of drug-likeness (QED) is 0.0942. The lowest BCUT2D eigenvalue weighted by molar-refractivity contribution is 0.367. The molecule has 0 aliphatic heterocycles. The van der Waals surface area contributed by atoms with Gasteiger partial charge in [-0.3, -0.25) is 0 Å². The molecular weight excluding hydrogens is 1130 g/mol. The highest BCUT2D eigenvalue weighted by atomic mass is 31.2. The highest BCUT2D eigenvalue weighted by molar-refractivity contribution is 7.43. The summed E-state index contributed by atoms with van der Waals surface area (Å²) in [5.74, 6) is 5.05. The second kappa shape index (κ2) is 25.3. The number of ether oxygens (including phenoxy) is 2. The molecular formula is C78H112O8P2. The predicted molar refractivity (Wildman–Crippen MR) is 375 cm³/mol. The van der Waals surface area contributed by atoms with E-state index in [1.165, 1.54) is 22.3 Å². The van der Waals surface area contributed by atoms with Gasteiger partial charge >= 0.3 is 17.2 Å². The van der Waals surface area contributed by atoms with Crippen LogP contribution in [0.3, 0.4) is 0 Å². The number of hydrogen-bond acceptors (Lipinski definition) is 8. The fraction of sp³-hybridized carbons (Fsp3) is 0.538. The lowest BCUT2D eigenvalue weighted by Gasteiger charge is -2.32. The van der Waals surface area contributed by atoms with E-state index in [-0.39, 0.29) is 43.3 Å². The summed E-state index contributed by atoms with van der Waals surface area (Å²) in [6, 6.07) is 34.3. The molecule has 0 atom stereocenters. The van der Waals surface area contributed by atoms with Crippen LogP contribution >= 0.6 is 17.2 Å². The molecule has 0 heterocycles. The monoisotopic (exact) mass is 1240 g/mol. The minimum atomic E-state index is -2.32. The molecule has 0 bridgehead atoms. The zero-order chi connectivity index (χ0) is 66.7. The molecule has 0 N–H and O–H groups in total. The molecule has 0 radical (unpaired) electrons.